The van der Waals surface area contributed by atoms with Gasteiger partial charge in [-0.3, -0.25) is 4.79 Å². The van der Waals surface area contributed by atoms with Crippen LogP contribution in [0, 0.1) is 0 Å². The standard InChI is InChI=1S/C5H6Br2O/c6-4(8)5(7)2-1-3-5/h1-3H2. The molecule has 0 unspecified atom stereocenters. The highest BCUT2D eigenvalue weighted by Crippen LogP contribution is 2.42. The first-order valence-electron chi connectivity index (χ1n) is 2.54. The highest BCUT2D eigenvalue weighted by molar-refractivity contribution is 9.20. The van der Waals surface area contributed by atoms with E-state index >= 15 is 0 Å². The van der Waals surface area contributed by atoms with Crippen molar-refractivity contribution in [2.24, 2.45) is 0 Å². The summed E-state index contributed by atoms with van der Waals surface area (Å²) in [4.78, 5) is 10.6. The lowest BCUT2D eigenvalue weighted by Crippen LogP contribution is -2.35. The van der Waals surface area contributed by atoms with E-state index in [1.165, 1.54) is 6.42 Å². The van der Waals surface area contributed by atoms with E-state index < -0.39 is 0 Å². The van der Waals surface area contributed by atoms with Crippen LogP contribution in [0.25, 0.3) is 0 Å². The molecule has 1 aliphatic rings. The third-order valence-corrected chi connectivity index (χ3v) is 3.94. The Morgan fingerprint density at radius 1 is 1.50 bits per heavy atom. The summed E-state index contributed by atoms with van der Waals surface area (Å²) in [6, 6.07) is 0. The lowest BCUT2D eigenvalue weighted by atomic mass is 9.87. The van der Waals surface area contributed by atoms with E-state index in [1.54, 1.807) is 0 Å². The van der Waals surface area contributed by atoms with Crippen molar-refractivity contribution >= 4 is 36.6 Å². The fourth-order valence-electron chi connectivity index (χ4n) is 0.684. The van der Waals surface area contributed by atoms with Gasteiger partial charge in [-0.2, -0.15) is 0 Å². The average molecular weight is 242 g/mol. The Morgan fingerprint density at radius 3 is 2.00 bits per heavy atom. The van der Waals surface area contributed by atoms with Gasteiger partial charge in [-0.1, -0.05) is 15.9 Å². The maximum atomic E-state index is 10.6. The summed E-state index contributed by atoms with van der Waals surface area (Å²) in [6.07, 6.45) is 3.14. The molecule has 0 saturated heterocycles. The summed E-state index contributed by atoms with van der Waals surface area (Å²) in [7, 11) is 0. The first kappa shape index (κ1) is 6.75. The largest absolute Gasteiger partial charge is 0.285 e. The molecule has 1 saturated carbocycles. The van der Waals surface area contributed by atoms with Crippen molar-refractivity contribution in [1.82, 2.24) is 0 Å². The van der Waals surface area contributed by atoms with E-state index in [0.717, 1.165) is 12.8 Å². The van der Waals surface area contributed by atoms with Crippen LogP contribution in [-0.2, 0) is 4.79 Å². The SMILES string of the molecule is O=C(Br)C1(Br)CCC1. The Labute approximate surface area is 65.1 Å². The third-order valence-electron chi connectivity index (χ3n) is 1.50. The van der Waals surface area contributed by atoms with Crippen LogP contribution in [-0.4, -0.2) is 9.02 Å². The van der Waals surface area contributed by atoms with Gasteiger partial charge in [-0.05, 0) is 35.2 Å². The van der Waals surface area contributed by atoms with Crippen LogP contribution < -0.4 is 0 Å². The van der Waals surface area contributed by atoms with Crippen molar-refractivity contribution in [2.75, 3.05) is 0 Å². The summed E-state index contributed by atoms with van der Waals surface area (Å²) >= 11 is 6.26. The first-order valence-corrected chi connectivity index (χ1v) is 4.13. The highest BCUT2D eigenvalue weighted by atomic mass is 79.9. The molecule has 0 spiro atoms. The number of rotatable bonds is 1. The predicted octanol–water partition coefficient (Wildman–Crippen LogP) is 2.23. The molecule has 0 aromatic carbocycles. The monoisotopic (exact) mass is 240 g/mol. The van der Waals surface area contributed by atoms with Crippen molar-refractivity contribution in [1.29, 1.82) is 0 Å². The molecule has 0 aromatic rings. The first-order chi connectivity index (χ1) is 3.65. The summed E-state index contributed by atoms with van der Waals surface area (Å²) in [5.74, 6) is 0. The van der Waals surface area contributed by atoms with Crippen molar-refractivity contribution in [3.05, 3.63) is 0 Å². The average Bonchev–Trinajstić information content (AvgIpc) is 1.60. The van der Waals surface area contributed by atoms with Crippen molar-refractivity contribution < 1.29 is 4.79 Å². The fourth-order valence-corrected chi connectivity index (χ4v) is 1.64. The maximum absolute atomic E-state index is 10.6. The zero-order chi connectivity index (χ0) is 6.20. The Morgan fingerprint density at radius 2 is 2.00 bits per heavy atom. The molecule has 1 nitrogen and oxygen atoms in total. The van der Waals surface area contributed by atoms with E-state index in [1.807, 2.05) is 0 Å². The molecular formula is C5H6Br2O. The molecule has 0 aromatic heterocycles. The van der Waals surface area contributed by atoms with Crippen molar-refractivity contribution in [3.63, 3.8) is 0 Å². The molecule has 0 bridgehead atoms. The van der Waals surface area contributed by atoms with Gasteiger partial charge >= 0.3 is 0 Å². The molecule has 0 amide bonds. The zero-order valence-electron chi connectivity index (χ0n) is 4.29. The second-order valence-electron chi connectivity index (χ2n) is 2.09. The minimum Gasteiger partial charge on any atom is -0.285 e. The van der Waals surface area contributed by atoms with E-state index in [4.69, 9.17) is 0 Å². The molecule has 0 N–H and O–H groups in total. The van der Waals surface area contributed by atoms with E-state index in [-0.39, 0.29) is 9.02 Å². The van der Waals surface area contributed by atoms with E-state index in [2.05, 4.69) is 31.9 Å². The Balaban J connectivity index is 2.53. The Bertz CT molecular complexity index is 118. The topological polar surface area (TPSA) is 17.1 Å². The zero-order valence-corrected chi connectivity index (χ0v) is 7.46. The molecule has 1 rings (SSSR count). The third kappa shape index (κ3) is 0.982. The minimum atomic E-state index is -0.188. The summed E-state index contributed by atoms with van der Waals surface area (Å²) in [6.45, 7) is 0. The van der Waals surface area contributed by atoms with E-state index in [9.17, 15) is 4.79 Å². The number of halogens is 2. The fraction of sp³-hybridized carbons (Fsp3) is 0.800. The van der Waals surface area contributed by atoms with Gasteiger partial charge in [0.15, 0.2) is 0 Å². The molecule has 46 valence electrons. The molecule has 1 fully saturated rings. The predicted molar refractivity (Wildman–Crippen MR) is 39.4 cm³/mol. The van der Waals surface area contributed by atoms with Gasteiger partial charge in [-0.15, -0.1) is 0 Å². The number of carbonyl (C=O) groups excluding carboxylic acids is 1. The second kappa shape index (κ2) is 2.10. The van der Waals surface area contributed by atoms with E-state index in [0.29, 0.717) is 0 Å². The lowest BCUT2D eigenvalue weighted by molar-refractivity contribution is -0.113. The van der Waals surface area contributed by atoms with Crippen LogP contribution in [0.2, 0.25) is 0 Å². The number of alkyl halides is 1. The normalized spacial score (nSPS) is 24.2. The molecule has 3 heteroatoms. The Kier molecular flexibility index (Phi) is 1.77. The van der Waals surface area contributed by atoms with Crippen LogP contribution in [0.5, 0.6) is 0 Å². The number of hydrogen-bond donors (Lipinski definition) is 0. The van der Waals surface area contributed by atoms with Crippen LogP contribution in [0.3, 0.4) is 0 Å². The van der Waals surface area contributed by atoms with Crippen molar-refractivity contribution in [3.8, 4) is 0 Å². The van der Waals surface area contributed by atoms with Gasteiger partial charge in [0.25, 0.3) is 0 Å². The van der Waals surface area contributed by atoms with Gasteiger partial charge in [0, 0.05) is 0 Å². The maximum Gasteiger partial charge on any atom is 0.214 e. The van der Waals surface area contributed by atoms with Crippen LogP contribution in [0.1, 0.15) is 19.3 Å². The number of hydrogen-bond acceptors (Lipinski definition) is 1. The van der Waals surface area contributed by atoms with Crippen LogP contribution >= 0.6 is 31.9 Å². The lowest BCUT2D eigenvalue weighted by Gasteiger charge is -2.31. The van der Waals surface area contributed by atoms with Gasteiger partial charge in [-0.25, -0.2) is 0 Å². The second-order valence-corrected chi connectivity index (χ2v) is 4.33. The molecule has 0 heterocycles. The smallest absolute Gasteiger partial charge is 0.214 e. The van der Waals surface area contributed by atoms with Crippen molar-refractivity contribution in [2.45, 2.75) is 23.6 Å². The summed E-state index contributed by atoms with van der Waals surface area (Å²) in [5, 5.41) is 0. The van der Waals surface area contributed by atoms with Crippen LogP contribution in [0.4, 0.5) is 0 Å². The molecule has 0 aliphatic heterocycles. The molecule has 1 aliphatic carbocycles. The number of carbonyl (C=O) groups is 1. The molecule has 8 heavy (non-hydrogen) atoms. The quantitative estimate of drug-likeness (QED) is 0.509. The highest BCUT2D eigenvalue weighted by Gasteiger charge is 2.39. The van der Waals surface area contributed by atoms with Gasteiger partial charge in [0.05, 0.1) is 4.32 Å². The van der Waals surface area contributed by atoms with Gasteiger partial charge in [0.1, 0.15) is 0 Å². The Hall–Kier alpha value is 0.630. The summed E-state index contributed by atoms with van der Waals surface area (Å²) in [5.41, 5.74) is 0. The molecular weight excluding hydrogens is 236 g/mol. The van der Waals surface area contributed by atoms with Gasteiger partial charge < -0.3 is 0 Å². The van der Waals surface area contributed by atoms with Crippen LogP contribution in [0.15, 0.2) is 0 Å². The van der Waals surface area contributed by atoms with Gasteiger partial charge in [0.2, 0.25) is 4.69 Å². The summed E-state index contributed by atoms with van der Waals surface area (Å²) < 4.78 is -0.0937. The molecule has 0 radical (unpaired) electrons. The minimum absolute atomic E-state index is 0.0938. The molecule has 0 atom stereocenters.